The van der Waals surface area contributed by atoms with E-state index in [4.69, 9.17) is 11.6 Å². The molecule has 2 aliphatic heterocycles. The van der Waals surface area contributed by atoms with Crippen LogP contribution in [0.3, 0.4) is 0 Å². The minimum atomic E-state index is -0.487. The number of halogens is 2. The maximum atomic E-state index is 13.3. The van der Waals surface area contributed by atoms with Crippen molar-refractivity contribution in [3.05, 3.63) is 53.4 Å². The Morgan fingerprint density at radius 1 is 1.13 bits per heavy atom. The molecule has 2 aliphatic rings. The smallest absolute Gasteiger partial charge is 0.238 e. The SMILES string of the molecule is O=C(CN1CCCC(CN2CCN(c3ccccn3)CC2)C1)Nc1ccc(F)c(Cl)c1. The molecule has 1 unspecified atom stereocenters. The largest absolute Gasteiger partial charge is 0.354 e. The van der Waals surface area contributed by atoms with Gasteiger partial charge in [0.1, 0.15) is 11.6 Å². The molecule has 2 aromatic rings. The molecule has 1 atom stereocenters. The van der Waals surface area contributed by atoms with Crippen LogP contribution < -0.4 is 10.2 Å². The lowest BCUT2D eigenvalue weighted by Gasteiger charge is -2.39. The lowest BCUT2D eigenvalue weighted by molar-refractivity contribution is -0.117. The van der Waals surface area contributed by atoms with Crippen LogP contribution in [0.4, 0.5) is 15.9 Å². The topological polar surface area (TPSA) is 51.7 Å². The van der Waals surface area contributed by atoms with Crippen molar-refractivity contribution in [2.24, 2.45) is 5.92 Å². The molecule has 8 heteroatoms. The maximum Gasteiger partial charge on any atom is 0.238 e. The summed E-state index contributed by atoms with van der Waals surface area (Å²) in [7, 11) is 0. The average Bonchev–Trinajstić information content (AvgIpc) is 2.78. The Morgan fingerprint density at radius 3 is 2.71 bits per heavy atom. The van der Waals surface area contributed by atoms with Gasteiger partial charge in [0.2, 0.25) is 5.91 Å². The van der Waals surface area contributed by atoms with E-state index in [0.29, 0.717) is 18.2 Å². The highest BCUT2D eigenvalue weighted by molar-refractivity contribution is 6.31. The van der Waals surface area contributed by atoms with Crippen LogP contribution in [-0.4, -0.2) is 73.0 Å². The minimum Gasteiger partial charge on any atom is -0.354 e. The quantitative estimate of drug-likeness (QED) is 0.739. The number of piperidine rings is 1. The average molecular weight is 446 g/mol. The fourth-order valence-electron chi connectivity index (χ4n) is 4.49. The highest BCUT2D eigenvalue weighted by Gasteiger charge is 2.25. The second-order valence-electron chi connectivity index (χ2n) is 8.40. The molecule has 0 radical (unpaired) electrons. The first-order valence-electron chi connectivity index (χ1n) is 10.9. The Balaban J connectivity index is 1.21. The zero-order chi connectivity index (χ0) is 21.6. The summed E-state index contributed by atoms with van der Waals surface area (Å²) in [6.45, 7) is 7.35. The number of amides is 1. The molecule has 0 bridgehead atoms. The number of carbonyl (C=O) groups is 1. The van der Waals surface area contributed by atoms with Crippen molar-refractivity contribution in [3.8, 4) is 0 Å². The van der Waals surface area contributed by atoms with E-state index in [2.05, 4.69) is 31.1 Å². The number of pyridine rings is 1. The molecule has 1 aromatic carbocycles. The first kappa shape index (κ1) is 22.0. The van der Waals surface area contributed by atoms with Gasteiger partial charge in [-0.2, -0.15) is 0 Å². The maximum absolute atomic E-state index is 13.3. The van der Waals surface area contributed by atoms with Crippen molar-refractivity contribution in [1.82, 2.24) is 14.8 Å². The number of hydrogen-bond acceptors (Lipinski definition) is 5. The van der Waals surface area contributed by atoms with Crippen molar-refractivity contribution in [2.75, 3.05) is 62.6 Å². The molecular weight excluding hydrogens is 417 g/mol. The van der Waals surface area contributed by atoms with Crippen LogP contribution in [0.25, 0.3) is 0 Å². The fourth-order valence-corrected chi connectivity index (χ4v) is 4.67. The number of carbonyl (C=O) groups excluding carboxylic acids is 1. The number of rotatable bonds is 6. The summed E-state index contributed by atoms with van der Waals surface area (Å²) < 4.78 is 13.3. The van der Waals surface area contributed by atoms with Gasteiger partial charge >= 0.3 is 0 Å². The van der Waals surface area contributed by atoms with Gasteiger partial charge in [0.05, 0.1) is 11.6 Å². The van der Waals surface area contributed by atoms with E-state index in [9.17, 15) is 9.18 Å². The molecule has 31 heavy (non-hydrogen) atoms. The molecule has 0 aliphatic carbocycles. The first-order valence-corrected chi connectivity index (χ1v) is 11.3. The van der Waals surface area contributed by atoms with Crippen molar-refractivity contribution >= 4 is 29.0 Å². The van der Waals surface area contributed by atoms with Gasteiger partial charge in [-0.15, -0.1) is 0 Å². The molecule has 2 saturated heterocycles. The standard InChI is InChI=1S/C23H29ClFN5O/c24-20-14-19(6-7-21(20)25)27-23(31)17-29-9-3-4-18(16-29)15-28-10-12-30(13-11-28)22-5-1-2-8-26-22/h1-2,5-8,14,18H,3-4,9-13,15-17H2,(H,27,31). The van der Waals surface area contributed by atoms with Gasteiger partial charge in [-0.3, -0.25) is 14.6 Å². The summed E-state index contributed by atoms with van der Waals surface area (Å²) >= 11 is 5.80. The lowest BCUT2D eigenvalue weighted by Crippen LogP contribution is -2.50. The van der Waals surface area contributed by atoms with Gasteiger partial charge in [0.25, 0.3) is 0 Å². The van der Waals surface area contributed by atoms with Gasteiger partial charge in [-0.05, 0) is 55.6 Å². The number of nitrogens with zero attached hydrogens (tertiary/aromatic N) is 4. The Morgan fingerprint density at radius 2 is 1.97 bits per heavy atom. The third kappa shape index (κ3) is 6.15. The number of hydrogen-bond donors (Lipinski definition) is 1. The number of anilines is 2. The zero-order valence-corrected chi connectivity index (χ0v) is 18.4. The number of benzene rings is 1. The van der Waals surface area contributed by atoms with Crippen LogP contribution in [0, 0.1) is 11.7 Å². The highest BCUT2D eigenvalue weighted by Crippen LogP contribution is 2.21. The highest BCUT2D eigenvalue weighted by atomic mass is 35.5. The molecular formula is C23H29ClFN5O. The third-order valence-corrected chi connectivity index (χ3v) is 6.33. The minimum absolute atomic E-state index is 0.0129. The molecule has 1 amide bonds. The lowest BCUT2D eigenvalue weighted by atomic mass is 9.97. The van der Waals surface area contributed by atoms with E-state index in [1.807, 2.05) is 18.3 Å². The second-order valence-corrected chi connectivity index (χ2v) is 8.80. The van der Waals surface area contributed by atoms with E-state index in [1.165, 1.54) is 24.6 Å². The molecule has 0 spiro atoms. The molecule has 1 aromatic heterocycles. The van der Waals surface area contributed by atoms with Gasteiger partial charge in [-0.25, -0.2) is 9.37 Å². The number of piperazine rings is 1. The molecule has 2 fully saturated rings. The van der Waals surface area contributed by atoms with Crippen LogP contribution in [0.15, 0.2) is 42.6 Å². The van der Waals surface area contributed by atoms with Crippen LogP contribution in [-0.2, 0) is 4.79 Å². The van der Waals surface area contributed by atoms with Crippen molar-refractivity contribution < 1.29 is 9.18 Å². The summed E-state index contributed by atoms with van der Waals surface area (Å²) in [5.41, 5.74) is 0.524. The first-order chi connectivity index (χ1) is 15.1. The summed E-state index contributed by atoms with van der Waals surface area (Å²) in [5.74, 6) is 1.05. The van der Waals surface area contributed by atoms with E-state index in [0.717, 1.165) is 58.1 Å². The number of aromatic nitrogens is 1. The Labute approximate surface area is 188 Å². The monoisotopic (exact) mass is 445 g/mol. The normalized spacial score (nSPS) is 20.6. The third-order valence-electron chi connectivity index (χ3n) is 6.04. The summed E-state index contributed by atoms with van der Waals surface area (Å²) in [6, 6.07) is 10.3. The number of likely N-dealkylation sites (tertiary alicyclic amines) is 1. The van der Waals surface area contributed by atoms with Crippen molar-refractivity contribution in [1.29, 1.82) is 0 Å². The van der Waals surface area contributed by atoms with E-state index in [-0.39, 0.29) is 10.9 Å². The van der Waals surface area contributed by atoms with E-state index >= 15 is 0 Å². The van der Waals surface area contributed by atoms with Crippen LogP contribution >= 0.6 is 11.6 Å². The van der Waals surface area contributed by atoms with Gasteiger partial charge in [0, 0.05) is 51.2 Å². The Bertz CT molecular complexity index is 876. The molecule has 4 rings (SSSR count). The fraction of sp³-hybridized carbons (Fsp3) is 0.478. The Kier molecular flexibility index (Phi) is 7.37. The molecule has 0 saturated carbocycles. The second kappa shape index (κ2) is 10.4. The van der Waals surface area contributed by atoms with Gasteiger partial charge in [-0.1, -0.05) is 17.7 Å². The molecule has 3 heterocycles. The van der Waals surface area contributed by atoms with E-state index < -0.39 is 5.82 Å². The van der Waals surface area contributed by atoms with Gasteiger partial charge in [0.15, 0.2) is 0 Å². The summed E-state index contributed by atoms with van der Waals surface area (Å²) in [6.07, 6.45) is 4.15. The molecule has 6 nitrogen and oxygen atoms in total. The van der Waals surface area contributed by atoms with Crippen LogP contribution in [0.5, 0.6) is 0 Å². The van der Waals surface area contributed by atoms with Crippen molar-refractivity contribution in [2.45, 2.75) is 12.8 Å². The predicted molar refractivity (Wildman–Crippen MR) is 122 cm³/mol. The molecule has 166 valence electrons. The predicted octanol–water partition coefficient (Wildman–Crippen LogP) is 3.35. The Hall–Kier alpha value is -2.22. The zero-order valence-electron chi connectivity index (χ0n) is 17.6. The number of nitrogens with one attached hydrogen (secondary N) is 1. The van der Waals surface area contributed by atoms with E-state index in [1.54, 1.807) is 0 Å². The van der Waals surface area contributed by atoms with Crippen LogP contribution in [0.2, 0.25) is 5.02 Å². The summed E-state index contributed by atoms with van der Waals surface area (Å²) in [4.78, 5) is 24.0. The molecule has 1 N–H and O–H groups in total. The van der Waals surface area contributed by atoms with Crippen molar-refractivity contribution in [3.63, 3.8) is 0 Å². The summed E-state index contributed by atoms with van der Waals surface area (Å²) in [5, 5.41) is 2.83. The van der Waals surface area contributed by atoms with Crippen LogP contribution in [0.1, 0.15) is 12.8 Å². The van der Waals surface area contributed by atoms with Gasteiger partial charge < -0.3 is 10.2 Å².